The van der Waals surface area contributed by atoms with Crippen LogP contribution in [0, 0.1) is 0 Å². The van der Waals surface area contributed by atoms with Crippen LogP contribution in [0.3, 0.4) is 0 Å². The number of piperazine rings is 1. The van der Waals surface area contributed by atoms with Crippen molar-refractivity contribution < 1.29 is 9.53 Å². The summed E-state index contributed by atoms with van der Waals surface area (Å²) < 4.78 is 5.31. The number of methoxy groups -OCH3 is 1. The second-order valence-corrected chi connectivity index (χ2v) is 6.04. The van der Waals surface area contributed by atoms with Crippen LogP contribution in [0.15, 0.2) is 35.8 Å². The molecule has 6 heteroatoms. The maximum absolute atomic E-state index is 12.5. The first-order valence-electron chi connectivity index (χ1n) is 7.32. The Bertz CT molecular complexity index is 622. The predicted molar refractivity (Wildman–Crippen MR) is 87.6 cm³/mol. The molecule has 1 saturated heterocycles. The predicted octanol–water partition coefficient (Wildman–Crippen LogP) is 2.04. The fourth-order valence-electron chi connectivity index (χ4n) is 2.64. The Hall–Kier alpha value is -2.08. The number of benzene rings is 1. The van der Waals surface area contributed by atoms with E-state index in [2.05, 4.69) is 9.88 Å². The molecule has 0 unspecified atom stereocenters. The molecule has 22 heavy (non-hydrogen) atoms. The van der Waals surface area contributed by atoms with Gasteiger partial charge in [0.05, 0.1) is 13.5 Å². The number of thiazole rings is 1. The van der Waals surface area contributed by atoms with Gasteiger partial charge in [0.25, 0.3) is 0 Å². The highest BCUT2D eigenvalue weighted by atomic mass is 32.1. The maximum atomic E-state index is 12.5. The average Bonchev–Trinajstić information content (AvgIpc) is 3.10. The number of carbonyl (C=O) groups excluding carboxylic acids is 1. The van der Waals surface area contributed by atoms with Crippen LogP contribution in [0.5, 0.6) is 5.75 Å². The molecule has 116 valence electrons. The lowest BCUT2D eigenvalue weighted by molar-refractivity contribution is -0.130. The molecular formula is C16H19N3O2S. The molecule has 1 aliphatic rings. The minimum absolute atomic E-state index is 0.156. The molecule has 1 aliphatic heterocycles. The summed E-state index contributed by atoms with van der Waals surface area (Å²) in [4.78, 5) is 21.0. The Morgan fingerprint density at radius 2 is 2.05 bits per heavy atom. The maximum Gasteiger partial charge on any atom is 0.227 e. The molecule has 0 atom stereocenters. The topological polar surface area (TPSA) is 45.7 Å². The summed E-state index contributed by atoms with van der Waals surface area (Å²) in [6, 6.07) is 7.69. The normalized spacial score (nSPS) is 15.0. The van der Waals surface area contributed by atoms with Crippen molar-refractivity contribution in [3.05, 3.63) is 41.4 Å². The molecule has 2 heterocycles. The summed E-state index contributed by atoms with van der Waals surface area (Å²) in [5.41, 5.74) is 0.942. The van der Waals surface area contributed by atoms with Crippen molar-refractivity contribution in [3.63, 3.8) is 0 Å². The molecule has 1 aromatic heterocycles. The van der Waals surface area contributed by atoms with Crippen LogP contribution in [0.4, 0.5) is 5.13 Å². The van der Waals surface area contributed by atoms with Crippen LogP contribution in [0.2, 0.25) is 0 Å². The number of anilines is 1. The summed E-state index contributed by atoms with van der Waals surface area (Å²) in [5, 5.41) is 3.02. The summed E-state index contributed by atoms with van der Waals surface area (Å²) in [6.45, 7) is 3.16. The number of para-hydroxylation sites is 1. The quantitative estimate of drug-likeness (QED) is 0.866. The highest BCUT2D eigenvalue weighted by Gasteiger charge is 2.22. The molecule has 2 aromatic rings. The van der Waals surface area contributed by atoms with Crippen molar-refractivity contribution in [3.8, 4) is 5.75 Å². The number of hydrogen-bond donors (Lipinski definition) is 0. The van der Waals surface area contributed by atoms with Gasteiger partial charge in [0.15, 0.2) is 5.13 Å². The molecule has 1 fully saturated rings. The van der Waals surface area contributed by atoms with Crippen LogP contribution in [-0.4, -0.2) is 49.1 Å². The highest BCUT2D eigenvalue weighted by molar-refractivity contribution is 7.13. The molecule has 0 N–H and O–H groups in total. The van der Waals surface area contributed by atoms with Crippen molar-refractivity contribution in [2.75, 3.05) is 38.2 Å². The highest BCUT2D eigenvalue weighted by Crippen LogP contribution is 2.21. The van der Waals surface area contributed by atoms with E-state index < -0.39 is 0 Å². The zero-order valence-corrected chi connectivity index (χ0v) is 13.4. The number of ether oxygens (including phenoxy) is 1. The third-order valence-corrected chi connectivity index (χ3v) is 4.69. The molecule has 0 spiro atoms. The standard InChI is InChI=1S/C16H19N3O2S/c1-21-14-5-3-2-4-13(14)12-15(20)18-7-9-19(10-8-18)16-17-6-11-22-16/h2-6,11H,7-10,12H2,1H3. The number of aromatic nitrogens is 1. The molecule has 1 aromatic carbocycles. The number of hydrogen-bond acceptors (Lipinski definition) is 5. The van der Waals surface area contributed by atoms with E-state index in [1.54, 1.807) is 18.4 Å². The van der Waals surface area contributed by atoms with Crippen LogP contribution in [0.25, 0.3) is 0 Å². The van der Waals surface area contributed by atoms with Crippen molar-refractivity contribution in [2.24, 2.45) is 0 Å². The van der Waals surface area contributed by atoms with Gasteiger partial charge in [-0.15, -0.1) is 11.3 Å². The Labute approximate surface area is 134 Å². The third kappa shape index (κ3) is 3.22. The summed E-state index contributed by atoms with van der Waals surface area (Å²) >= 11 is 1.64. The second kappa shape index (κ2) is 6.79. The lowest BCUT2D eigenvalue weighted by atomic mass is 10.1. The van der Waals surface area contributed by atoms with Gasteiger partial charge in [-0.2, -0.15) is 0 Å². The van der Waals surface area contributed by atoms with Crippen molar-refractivity contribution in [1.82, 2.24) is 9.88 Å². The van der Waals surface area contributed by atoms with E-state index in [1.165, 1.54) is 0 Å². The Morgan fingerprint density at radius 1 is 1.27 bits per heavy atom. The van der Waals surface area contributed by atoms with Crippen LogP contribution in [0.1, 0.15) is 5.56 Å². The van der Waals surface area contributed by atoms with E-state index in [0.29, 0.717) is 6.42 Å². The van der Waals surface area contributed by atoms with E-state index in [9.17, 15) is 4.79 Å². The van der Waals surface area contributed by atoms with Gasteiger partial charge in [-0.05, 0) is 6.07 Å². The molecule has 3 rings (SSSR count). The minimum atomic E-state index is 0.156. The molecule has 0 bridgehead atoms. The minimum Gasteiger partial charge on any atom is -0.496 e. The van der Waals surface area contributed by atoms with E-state index in [0.717, 1.165) is 42.6 Å². The van der Waals surface area contributed by atoms with Gasteiger partial charge in [-0.3, -0.25) is 4.79 Å². The van der Waals surface area contributed by atoms with Crippen LogP contribution >= 0.6 is 11.3 Å². The summed E-state index contributed by atoms with van der Waals surface area (Å²) in [5.74, 6) is 0.931. The van der Waals surface area contributed by atoms with Gasteiger partial charge < -0.3 is 14.5 Å². The van der Waals surface area contributed by atoms with Crippen LogP contribution < -0.4 is 9.64 Å². The lowest BCUT2D eigenvalue weighted by Gasteiger charge is -2.34. The number of carbonyl (C=O) groups is 1. The van der Waals surface area contributed by atoms with Gasteiger partial charge in [0, 0.05) is 43.3 Å². The van der Waals surface area contributed by atoms with E-state index in [-0.39, 0.29) is 5.91 Å². The number of rotatable bonds is 4. The Morgan fingerprint density at radius 3 is 2.73 bits per heavy atom. The molecule has 5 nitrogen and oxygen atoms in total. The van der Waals surface area contributed by atoms with Gasteiger partial charge in [-0.1, -0.05) is 18.2 Å². The van der Waals surface area contributed by atoms with E-state index in [1.807, 2.05) is 40.7 Å². The smallest absolute Gasteiger partial charge is 0.227 e. The Balaban J connectivity index is 1.58. The molecule has 1 amide bonds. The molecule has 0 saturated carbocycles. The number of amides is 1. The van der Waals surface area contributed by atoms with E-state index >= 15 is 0 Å². The first kappa shape index (κ1) is 14.8. The van der Waals surface area contributed by atoms with Crippen LogP contribution in [-0.2, 0) is 11.2 Å². The van der Waals surface area contributed by atoms with Gasteiger partial charge in [0.2, 0.25) is 5.91 Å². The second-order valence-electron chi connectivity index (χ2n) is 5.17. The first-order chi connectivity index (χ1) is 10.8. The van der Waals surface area contributed by atoms with Crippen molar-refractivity contribution in [1.29, 1.82) is 0 Å². The fourth-order valence-corrected chi connectivity index (χ4v) is 3.34. The third-order valence-electron chi connectivity index (χ3n) is 3.86. The molecule has 0 radical (unpaired) electrons. The first-order valence-corrected chi connectivity index (χ1v) is 8.20. The van der Waals surface area contributed by atoms with Gasteiger partial charge in [-0.25, -0.2) is 4.98 Å². The van der Waals surface area contributed by atoms with Gasteiger partial charge in [0.1, 0.15) is 5.75 Å². The summed E-state index contributed by atoms with van der Waals surface area (Å²) in [6.07, 6.45) is 2.21. The lowest BCUT2D eigenvalue weighted by Crippen LogP contribution is -2.49. The fraction of sp³-hybridized carbons (Fsp3) is 0.375. The van der Waals surface area contributed by atoms with E-state index in [4.69, 9.17) is 4.74 Å². The largest absolute Gasteiger partial charge is 0.496 e. The van der Waals surface area contributed by atoms with Gasteiger partial charge >= 0.3 is 0 Å². The number of nitrogens with zero attached hydrogens (tertiary/aromatic N) is 3. The molecule has 0 aliphatic carbocycles. The average molecular weight is 317 g/mol. The zero-order chi connectivity index (χ0) is 15.4. The monoisotopic (exact) mass is 317 g/mol. The zero-order valence-electron chi connectivity index (χ0n) is 12.6. The van der Waals surface area contributed by atoms with Crippen molar-refractivity contribution in [2.45, 2.75) is 6.42 Å². The SMILES string of the molecule is COc1ccccc1CC(=O)N1CCN(c2nccs2)CC1. The molecular weight excluding hydrogens is 298 g/mol. The van der Waals surface area contributed by atoms with Crippen molar-refractivity contribution >= 4 is 22.4 Å². The Kier molecular flexibility index (Phi) is 4.58. The summed E-state index contributed by atoms with van der Waals surface area (Å²) in [7, 11) is 1.64.